The number of ether oxygens (including phenoxy) is 3. The van der Waals surface area contributed by atoms with Crippen LogP contribution in [-0.4, -0.2) is 60.6 Å². The van der Waals surface area contributed by atoms with Crippen LogP contribution in [0.5, 0.6) is 11.5 Å². The lowest BCUT2D eigenvalue weighted by Gasteiger charge is -2.35. The molecule has 0 aromatic heterocycles. The first-order valence-corrected chi connectivity index (χ1v) is 9.12. The first-order chi connectivity index (χ1) is 13.5. The molecular weight excluding hydrogens is 454 g/mol. The topological polar surface area (TPSA) is 119 Å². The predicted octanol–water partition coefficient (Wildman–Crippen LogP) is 2.24. The number of hydrogen-bond acceptors (Lipinski definition) is 7. The maximum Gasteiger partial charge on any atom is 0.438 e. The molecule has 0 amide bonds. The molecule has 0 bridgehead atoms. The van der Waals surface area contributed by atoms with Crippen molar-refractivity contribution in [2.45, 2.75) is 24.2 Å². The summed E-state index contributed by atoms with van der Waals surface area (Å²) in [6.45, 7) is 1.78. The maximum absolute atomic E-state index is 13.0. The van der Waals surface area contributed by atoms with E-state index in [4.69, 9.17) is 14.0 Å². The number of esters is 1. The number of halogens is 6. The number of hydrogen-bond donors (Lipinski definition) is 2. The molecule has 1 rings (SSSR count). The van der Waals surface area contributed by atoms with Gasteiger partial charge in [0, 0.05) is 0 Å². The van der Waals surface area contributed by atoms with Gasteiger partial charge < -0.3 is 19.3 Å². The van der Waals surface area contributed by atoms with Crippen molar-refractivity contribution in [3.63, 3.8) is 0 Å². The normalized spacial score (nSPS) is 14.0. The fourth-order valence-electron chi connectivity index (χ4n) is 1.89. The molecule has 0 saturated carbocycles. The molecule has 0 saturated heterocycles. The van der Waals surface area contributed by atoms with E-state index in [2.05, 4.69) is 11.3 Å². The van der Waals surface area contributed by atoms with E-state index in [9.17, 15) is 44.7 Å². The van der Waals surface area contributed by atoms with Crippen LogP contribution in [0.15, 0.2) is 36.9 Å². The van der Waals surface area contributed by atoms with Crippen molar-refractivity contribution in [1.29, 1.82) is 0 Å². The zero-order valence-electron chi connectivity index (χ0n) is 14.6. The predicted molar refractivity (Wildman–Crippen MR) is 86.1 cm³/mol. The zero-order valence-corrected chi connectivity index (χ0v) is 15.4. The minimum Gasteiger partial charge on any atom is -0.482 e. The van der Waals surface area contributed by atoms with E-state index in [1.807, 2.05) is 0 Å². The second kappa shape index (κ2) is 9.09. The number of alkyl halides is 6. The Balaban J connectivity index is 2.96. The average molecular weight is 468 g/mol. The first kappa shape index (κ1) is 25.5. The number of benzene rings is 1. The van der Waals surface area contributed by atoms with Crippen molar-refractivity contribution in [3.8, 4) is 11.5 Å². The van der Waals surface area contributed by atoms with Crippen molar-refractivity contribution in [2.75, 3.05) is 12.4 Å². The molecule has 0 aliphatic rings. The number of rotatable bonds is 9. The van der Waals surface area contributed by atoms with Crippen LogP contribution in [-0.2, 0) is 19.6 Å². The smallest absolute Gasteiger partial charge is 0.438 e. The highest BCUT2D eigenvalue weighted by atomic mass is 32.2. The van der Waals surface area contributed by atoms with Crippen LogP contribution in [0.4, 0.5) is 26.3 Å². The Bertz CT molecular complexity index is 833. The lowest BCUT2D eigenvalue weighted by atomic mass is 10.1. The van der Waals surface area contributed by atoms with Crippen molar-refractivity contribution in [2.24, 2.45) is 0 Å². The van der Waals surface area contributed by atoms with Crippen LogP contribution in [0.25, 0.3) is 0 Å². The molecule has 8 nitrogen and oxygen atoms in total. The third kappa shape index (κ3) is 6.77. The molecule has 1 atom stereocenters. The molecule has 0 heterocycles. The summed E-state index contributed by atoms with van der Waals surface area (Å²) in [6, 6.07) is 4.55. The molecular formula is C15H14F6O8S. The van der Waals surface area contributed by atoms with Gasteiger partial charge in [0.25, 0.3) is 10.1 Å². The van der Waals surface area contributed by atoms with E-state index >= 15 is 0 Å². The highest BCUT2D eigenvalue weighted by Gasteiger charge is 2.75. The van der Waals surface area contributed by atoms with Crippen molar-refractivity contribution in [1.82, 2.24) is 0 Å². The van der Waals surface area contributed by atoms with E-state index < -0.39 is 52.7 Å². The van der Waals surface area contributed by atoms with E-state index in [0.717, 1.165) is 18.2 Å². The molecule has 0 fully saturated rings. The Hall–Kier alpha value is -2.52. The van der Waals surface area contributed by atoms with E-state index in [1.165, 1.54) is 12.1 Å². The molecule has 0 aliphatic heterocycles. The fraction of sp³-hybridized carbons (Fsp3) is 0.400. The van der Waals surface area contributed by atoms with Gasteiger partial charge in [-0.1, -0.05) is 6.58 Å². The largest absolute Gasteiger partial charge is 0.482 e. The van der Waals surface area contributed by atoms with E-state index in [1.54, 1.807) is 0 Å². The van der Waals surface area contributed by atoms with Crippen LogP contribution in [0.3, 0.4) is 0 Å². The summed E-state index contributed by atoms with van der Waals surface area (Å²) < 4.78 is 121. The molecule has 30 heavy (non-hydrogen) atoms. The first-order valence-electron chi connectivity index (χ1n) is 7.51. The number of aliphatic hydroxyl groups excluding tert-OH is 1. The summed E-state index contributed by atoms with van der Waals surface area (Å²) in [5.41, 5.74) is -5.51. The average Bonchev–Trinajstić information content (AvgIpc) is 2.57. The molecule has 0 aliphatic carbocycles. The van der Waals surface area contributed by atoms with Crippen LogP contribution >= 0.6 is 0 Å². The zero-order chi connectivity index (χ0) is 23.4. The Morgan fingerprint density at radius 1 is 1.07 bits per heavy atom. The highest BCUT2D eigenvalue weighted by molar-refractivity contribution is 7.85. The van der Waals surface area contributed by atoms with Gasteiger partial charge in [0.2, 0.25) is 6.29 Å². The highest BCUT2D eigenvalue weighted by Crippen LogP contribution is 2.46. The fourth-order valence-corrected chi connectivity index (χ4v) is 2.79. The van der Waals surface area contributed by atoms with Crippen LogP contribution in [0.2, 0.25) is 0 Å². The summed E-state index contributed by atoms with van der Waals surface area (Å²) in [7, 11) is -5.88. The van der Waals surface area contributed by atoms with Gasteiger partial charge in [0.05, 0.1) is 0 Å². The van der Waals surface area contributed by atoms with Crippen LogP contribution < -0.4 is 9.47 Å². The van der Waals surface area contributed by atoms with Crippen molar-refractivity contribution >= 4 is 16.1 Å². The molecule has 170 valence electrons. The van der Waals surface area contributed by atoms with E-state index in [0.29, 0.717) is 0 Å². The summed E-state index contributed by atoms with van der Waals surface area (Å²) in [6.07, 6.45) is -13.2. The monoisotopic (exact) mass is 468 g/mol. The lowest BCUT2D eigenvalue weighted by molar-refractivity contribution is -0.361. The molecule has 15 heteroatoms. The SMILES string of the molecule is C=C[C@@H](O)Oc1ccc(OCC(=O)OC(CS(=O)(=O)O)(C(F)(F)F)C(F)(F)F)cc1. The van der Waals surface area contributed by atoms with Gasteiger partial charge in [-0.2, -0.15) is 34.8 Å². The Labute approximate surface area is 165 Å². The Morgan fingerprint density at radius 3 is 1.93 bits per heavy atom. The quantitative estimate of drug-likeness (QED) is 0.186. The van der Waals surface area contributed by atoms with Gasteiger partial charge >= 0.3 is 23.9 Å². The maximum atomic E-state index is 13.0. The number of carbonyl (C=O) groups excluding carboxylic acids is 1. The van der Waals surface area contributed by atoms with Gasteiger partial charge in [-0.15, -0.1) is 0 Å². The molecule has 0 spiro atoms. The molecule has 0 radical (unpaired) electrons. The summed E-state index contributed by atoms with van der Waals surface area (Å²) in [5.74, 6) is -5.34. The van der Waals surface area contributed by atoms with E-state index in [-0.39, 0.29) is 11.5 Å². The third-order valence-corrected chi connectivity index (χ3v) is 4.00. The van der Waals surface area contributed by atoms with Crippen molar-refractivity contribution < 1.29 is 63.4 Å². The Kier molecular flexibility index (Phi) is 7.73. The summed E-state index contributed by atoms with van der Waals surface area (Å²) >= 11 is 0. The number of carbonyl (C=O) groups is 1. The molecule has 0 unspecified atom stereocenters. The van der Waals surface area contributed by atoms with Crippen LogP contribution in [0, 0.1) is 0 Å². The van der Waals surface area contributed by atoms with Gasteiger partial charge in [-0.25, -0.2) is 4.79 Å². The molecule has 1 aromatic rings. The summed E-state index contributed by atoms with van der Waals surface area (Å²) in [4.78, 5) is 11.6. The van der Waals surface area contributed by atoms with Gasteiger partial charge in [0.15, 0.2) is 6.61 Å². The standard InChI is InChI=1S/C15H14F6O8S/c1-2-11(22)28-10-5-3-9(4-6-10)27-7-12(23)29-13(14(16,17)18,15(19,20)21)8-30(24,25)26/h2-6,11,22H,1,7-8H2,(H,24,25,26)/t11-/m0/s1. The molecule has 1 aromatic carbocycles. The lowest BCUT2D eigenvalue weighted by Crippen LogP contribution is -2.63. The van der Waals surface area contributed by atoms with Gasteiger partial charge in [-0.3, -0.25) is 4.55 Å². The third-order valence-electron chi connectivity index (χ3n) is 3.23. The second-order valence-corrected chi connectivity index (χ2v) is 6.98. The minimum absolute atomic E-state index is 0.0821. The van der Waals surface area contributed by atoms with Crippen molar-refractivity contribution in [3.05, 3.63) is 36.9 Å². The van der Waals surface area contributed by atoms with Gasteiger partial charge in [0.1, 0.15) is 17.3 Å². The van der Waals surface area contributed by atoms with Crippen LogP contribution in [0.1, 0.15) is 0 Å². The summed E-state index contributed by atoms with van der Waals surface area (Å²) in [5, 5.41) is 9.20. The Morgan fingerprint density at radius 2 is 1.53 bits per heavy atom. The minimum atomic E-state index is -6.43. The second-order valence-electron chi connectivity index (χ2n) is 5.53. The molecule has 2 N–H and O–H groups in total. The van der Waals surface area contributed by atoms with Gasteiger partial charge in [-0.05, 0) is 30.3 Å². The number of aliphatic hydroxyl groups is 1.